The lowest BCUT2D eigenvalue weighted by atomic mass is 10.2. The van der Waals surface area contributed by atoms with Crippen molar-refractivity contribution in [2.24, 2.45) is 0 Å². The maximum absolute atomic E-state index is 13.8. The Morgan fingerprint density at radius 2 is 2.00 bits per heavy atom. The van der Waals surface area contributed by atoms with Gasteiger partial charge in [0.1, 0.15) is 22.9 Å². The lowest BCUT2D eigenvalue weighted by Crippen LogP contribution is -1.98. The van der Waals surface area contributed by atoms with Crippen LogP contribution in [0.1, 0.15) is 5.56 Å². The van der Waals surface area contributed by atoms with Gasteiger partial charge in [0, 0.05) is 11.8 Å². The summed E-state index contributed by atoms with van der Waals surface area (Å²) < 4.78 is 20.7. The van der Waals surface area contributed by atoms with Crippen molar-refractivity contribution < 1.29 is 9.13 Å². The zero-order valence-corrected chi connectivity index (χ0v) is 14.7. The van der Waals surface area contributed by atoms with Crippen LogP contribution in [0.5, 0.6) is 5.75 Å². The zero-order chi connectivity index (χ0) is 17.9. The molecular weight excluding hydrogens is 353 g/mol. The minimum Gasteiger partial charge on any atom is -0.497 e. The van der Waals surface area contributed by atoms with Gasteiger partial charge >= 0.3 is 0 Å². The normalized spacial score (nSPS) is 11.0. The van der Waals surface area contributed by atoms with E-state index < -0.39 is 0 Å². The van der Waals surface area contributed by atoms with Gasteiger partial charge in [-0.25, -0.2) is 14.4 Å². The van der Waals surface area contributed by atoms with Crippen molar-refractivity contribution >= 4 is 22.9 Å². The van der Waals surface area contributed by atoms with Crippen molar-refractivity contribution in [3.8, 4) is 11.4 Å². The minimum atomic E-state index is -0.231. The van der Waals surface area contributed by atoms with Crippen molar-refractivity contribution in [3.05, 3.63) is 66.2 Å². The molecule has 26 heavy (non-hydrogen) atoms. The smallest absolute Gasteiger partial charge is 0.187 e. The van der Waals surface area contributed by atoms with Crippen LogP contribution in [-0.4, -0.2) is 32.1 Å². The molecule has 0 saturated heterocycles. The highest BCUT2D eigenvalue weighted by molar-refractivity contribution is 7.98. The topological polar surface area (TPSA) is 65.7 Å². The molecule has 2 aromatic carbocycles. The Labute approximate surface area is 153 Å². The highest BCUT2D eigenvalue weighted by Gasteiger charge is 2.14. The van der Waals surface area contributed by atoms with E-state index in [9.17, 15) is 4.39 Å². The summed E-state index contributed by atoms with van der Waals surface area (Å²) in [4.78, 5) is 8.59. The first-order valence-electron chi connectivity index (χ1n) is 7.83. The first kappa shape index (κ1) is 16.5. The lowest BCUT2D eigenvalue weighted by Gasteiger charge is -2.05. The molecule has 4 aromatic rings. The first-order chi connectivity index (χ1) is 12.8. The van der Waals surface area contributed by atoms with Gasteiger partial charge < -0.3 is 4.74 Å². The number of thioether (sulfide) groups is 1. The summed E-state index contributed by atoms with van der Waals surface area (Å²) in [6, 6.07) is 14.2. The molecule has 8 heteroatoms. The summed E-state index contributed by atoms with van der Waals surface area (Å²) in [5.41, 5.74) is 2.57. The van der Waals surface area contributed by atoms with Crippen molar-refractivity contribution in [1.82, 2.24) is 25.0 Å². The molecule has 0 N–H and O–H groups in total. The van der Waals surface area contributed by atoms with Crippen molar-refractivity contribution in [1.29, 1.82) is 0 Å². The Balaban J connectivity index is 1.68. The molecule has 0 radical (unpaired) electrons. The number of hydrogen-bond acceptors (Lipinski definition) is 6. The molecule has 0 aliphatic heterocycles. The predicted octanol–water partition coefficient (Wildman–Crippen LogP) is 3.65. The van der Waals surface area contributed by atoms with Crippen LogP contribution >= 0.6 is 11.8 Å². The van der Waals surface area contributed by atoms with E-state index in [1.54, 1.807) is 23.9 Å². The van der Waals surface area contributed by atoms with Gasteiger partial charge in [0.15, 0.2) is 11.2 Å². The molecule has 0 saturated carbocycles. The monoisotopic (exact) mass is 367 g/mol. The zero-order valence-electron chi connectivity index (χ0n) is 13.8. The van der Waals surface area contributed by atoms with Crippen molar-refractivity contribution in [3.63, 3.8) is 0 Å². The number of nitrogens with zero attached hydrogens (tertiary/aromatic N) is 5. The minimum absolute atomic E-state index is 0.231. The summed E-state index contributed by atoms with van der Waals surface area (Å²) >= 11 is 1.40. The molecule has 0 aliphatic carbocycles. The van der Waals surface area contributed by atoms with E-state index in [0.717, 1.165) is 5.69 Å². The maximum atomic E-state index is 13.8. The lowest BCUT2D eigenvalue weighted by molar-refractivity contribution is 0.414. The largest absolute Gasteiger partial charge is 0.497 e. The Hall–Kier alpha value is -3.00. The van der Waals surface area contributed by atoms with Crippen molar-refractivity contribution in [2.45, 2.75) is 10.8 Å². The van der Waals surface area contributed by atoms with Crippen LogP contribution in [0.3, 0.4) is 0 Å². The van der Waals surface area contributed by atoms with Gasteiger partial charge in [-0.3, -0.25) is 0 Å². The number of rotatable bonds is 5. The second-order valence-corrected chi connectivity index (χ2v) is 6.40. The number of fused-ring (bicyclic) bond motifs is 1. The fourth-order valence-corrected chi connectivity index (χ4v) is 3.43. The molecule has 0 atom stereocenters. The van der Waals surface area contributed by atoms with E-state index in [0.29, 0.717) is 33.3 Å². The van der Waals surface area contributed by atoms with Crippen LogP contribution in [-0.2, 0) is 5.75 Å². The SMILES string of the molecule is COc1cccc(-n2nnc3c(SCc4ccccc4F)ncnc32)c1. The van der Waals surface area contributed by atoms with Gasteiger partial charge in [0.25, 0.3) is 0 Å². The van der Waals surface area contributed by atoms with Crippen LogP contribution in [0.4, 0.5) is 4.39 Å². The molecule has 4 rings (SSSR count). The van der Waals surface area contributed by atoms with Gasteiger partial charge in [-0.2, -0.15) is 4.68 Å². The number of halogens is 1. The van der Waals surface area contributed by atoms with Crippen LogP contribution < -0.4 is 4.74 Å². The van der Waals surface area contributed by atoms with Gasteiger partial charge in [-0.15, -0.1) is 5.10 Å². The third-order valence-electron chi connectivity index (χ3n) is 3.82. The van der Waals surface area contributed by atoms with Crippen LogP contribution in [0, 0.1) is 5.82 Å². The Kier molecular flexibility index (Phi) is 4.49. The number of methoxy groups -OCH3 is 1. The first-order valence-corrected chi connectivity index (χ1v) is 8.82. The number of aromatic nitrogens is 5. The molecule has 2 aromatic heterocycles. The highest BCUT2D eigenvalue weighted by Crippen LogP contribution is 2.28. The molecule has 130 valence electrons. The predicted molar refractivity (Wildman–Crippen MR) is 97.0 cm³/mol. The molecule has 0 bridgehead atoms. The summed E-state index contributed by atoms with van der Waals surface area (Å²) in [5.74, 6) is 0.935. The molecule has 0 fully saturated rings. The number of hydrogen-bond donors (Lipinski definition) is 0. The Morgan fingerprint density at radius 3 is 2.85 bits per heavy atom. The van der Waals surface area contributed by atoms with Crippen molar-refractivity contribution in [2.75, 3.05) is 7.11 Å². The van der Waals surface area contributed by atoms with Crippen LogP contribution in [0.15, 0.2) is 59.9 Å². The second-order valence-electron chi connectivity index (χ2n) is 5.43. The molecular formula is C18H14FN5OS. The molecule has 2 heterocycles. The quantitative estimate of drug-likeness (QED) is 0.396. The van der Waals surface area contributed by atoms with Crippen LogP contribution in [0.25, 0.3) is 16.9 Å². The average molecular weight is 367 g/mol. The standard InChI is InChI=1S/C18H14FN5OS/c1-25-14-7-4-6-13(9-14)24-17-16(22-23-24)18(21-11-20-17)26-10-12-5-2-3-8-15(12)19/h2-9,11H,10H2,1H3. The fourth-order valence-electron chi connectivity index (χ4n) is 2.51. The molecule has 0 spiro atoms. The van der Waals surface area contributed by atoms with E-state index >= 15 is 0 Å². The number of benzene rings is 2. The van der Waals surface area contributed by atoms with Gasteiger partial charge in [0.2, 0.25) is 0 Å². The second kappa shape index (κ2) is 7.09. The maximum Gasteiger partial charge on any atom is 0.187 e. The molecule has 6 nitrogen and oxygen atoms in total. The third kappa shape index (κ3) is 3.11. The van der Waals surface area contributed by atoms with Gasteiger partial charge in [0.05, 0.1) is 12.8 Å². The Morgan fingerprint density at radius 1 is 1.12 bits per heavy atom. The number of ether oxygens (including phenoxy) is 1. The summed E-state index contributed by atoms with van der Waals surface area (Å²) in [5, 5.41) is 9.07. The molecule has 0 aliphatic rings. The van der Waals surface area contributed by atoms with E-state index in [2.05, 4.69) is 20.3 Å². The van der Waals surface area contributed by atoms with Crippen LogP contribution in [0.2, 0.25) is 0 Å². The van der Waals surface area contributed by atoms with E-state index in [1.165, 1.54) is 24.2 Å². The fraction of sp³-hybridized carbons (Fsp3) is 0.111. The van der Waals surface area contributed by atoms with E-state index in [1.807, 2.05) is 30.3 Å². The summed E-state index contributed by atoms with van der Waals surface area (Å²) in [7, 11) is 1.61. The third-order valence-corrected chi connectivity index (χ3v) is 4.85. The summed E-state index contributed by atoms with van der Waals surface area (Å²) in [6.45, 7) is 0. The van der Waals surface area contributed by atoms with E-state index in [-0.39, 0.29) is 5.82 Å². The molecule has 0 amide bonds. The average Bonchev–Trinajstić information content (AvgIpc) is 3.12. The Bertz CT molecular complexity index is 1070. The van der Waals surface area contributed by atoms with E-state index in [4.69, 9.17) is 4.74 Å². The van der Waals surface area contributed by atoms with Gasteiger partial charge in [-0.1, -0.05) is 41.2 Å². The molecule has 0 unspecified atom stereocenters. The summed E-state index contributed by atoms with van der Waals surface area (Å²) in [6.07, 6.45) is 1.46. The van der Waals surface area contributed by atoms with Gasteiger partial charge in [-0.05, 0) is 23.8 Å². The highest BCUT2D eigenvalue weighted by atomic mass is 32.2.